The number of nitrogens with zero attached hydrogens (tertiary/aromatic N) is 4. The Morgan fingerprint density at radius 3 is 2.51 bits per heavy atom. The lowest BCUT2D eigenvalue weighted by Gasteiger charge is -2.33. The second kappa shape index (κ2) is 9.99. The van der Waals surface area contributed by atoms with Crippen LogP contribution in [0.5, 0.6) is 11.6 Å². The molecule has 0 bridgehead atoms. The van der Waals surface area contributed by atoms with Crippen molar-refractivity contribution in [3.8, 4) is 11.6 Å². The predicted octanol–water partition coefficient (Wildman–Crippen LogP) is 5.86. The molecular formula is C27H26F4N4O2. The van der Waals surface area contributed by atoms with E-state index in [9.17, 15) is 22.4 Å². The van der Waals surface area contributed by atoms with Gasteiger partial charge in [-0.1, -0.05) is 25.1 Å². The van der Waals surface area contributed by atoms with Gasteiger partial charge in [0.15, 0.2) is 11.6 Å². The Bertz CT molecular complexity index is 1310. The normalized spacial score (nSPS) is 16.5. The average molecular weight is 515 g/mol. The Morgan fingerprint density at radius 2 is 1.78 bits per heavy atom. The number of halogens is 4. The zero-order valence-electron chi connectivity index (χ0n) is 20.3. The van der Waals surface area contributed by atoms with Gasteiger partial charge >= 0.3 is 6.18 Å². The van der Waals surface area contributed by atoms with Crippen molar-refractivity contribution < 1.29 is 27.1 Å². The molecule has 10 heteroatoms. The van der Waals surface area contributed by atoms with Gasteiger partial charge in [-0.05, 0) is 49.1 Å². The van der Waals surface area contributed by atoms with E-state index in [-0.39, 0.29) is 30.3 Å². The topological polar surface area (TPSA) is 58.6 Å². The highest BCUT2D eigenvalue weighted by atomic mass is 19.4. The van der Waals surface area contributed by atoms with Gasteiger partial charge < -0.3 is 14.5 Å². The second-order valence-corrected chi connectivity index (χ2v) is 9.51. The highest BCUT2D eigenvalue weighted by molar-refractivity contribution is 5.94. The van der Waals surface area contributed by atoms with E-state index in [2.05, 4.69) is 16.8 Å². The first kappa shape index (κ1) is 25.0. The van der Waals surface area contributed by atoms with Crippen molar-refractivity contribution in [3.05, 3.63) is 76.7 Å². The molecule has 0 radical (unpaired) electrons. The van der Waals surface area contributed by atoms with E-state index < -0.39 is 23.5 Å². The molecule has 0 spiro atoms. The van der Waals surface area contributed by atoms with E-state index in [4.69, 9.17) is 9.72 Å². The molecule has 194 valence electrons. The summed E-state index contributed by atoms with van der Waals surface area (Å²) in [5, 5.41) is 0. The molecule has 1 saturated heterocycles. The number of hydrogen-bond acceptors (Lipinski definition) is 5. The Morgan fingerprint density at radius 1 is 1.03 bits per heavy atom. The molecule has 6 nitrogen and oxygen atoms in total. The van der Waals surface area contributed by atoms with E-state index in [0.29, 0.717) is 29.5 Å². The largest absolute Gasteiger partial charge is 0.435 e. The number of fused-ring (bicyclic) bond motifs is 1. The quantitative estimate of drug-likeness (QED) is 0.408. The summed E-state index contributed by atoms with van der Waals surface area (Å²) in [6, 6.07) is 10.3. The molecule has 0 aliphatic carbocycles. The van der Waals surface area contributed by atoms with Crippen molar-refractivity contribution in [2.45, 2.75) is 38.9 Å². The summed E-state index contributed by atoms with van der Waals surface area (Å²) in [5.41, 5.74) is 0.255. The van der Waals surface area contributed by atoms with Crippen LogP contribution in [0.15, 0.2) is 48.5 Å². The van der Waals surface area contributed by atoms with Crippen LogP contribution >= 0.6 is 0 Å². The zero-order valence-corrected chi connectivity index (χ0v) is 20.3. The van der Waals surface area contributed by atoms with Crippen molar-refractivity contribution in [3.63, 3.8) is 0 Å². The fourth-order valence-electron chi connectivity index (χ4n) is 4.62. The summed E-state index contributed by atoms with van der Waals surface area (Å²) < 4.78 is 59.9. The van der Waals surface area contributed by atoms with Crippen LogP contribution in [0, 0.1) is 11.7 Å². The Kier molecular flexibility index (Phi) is 6.74. The minimum atomic E-state index is -4.55. The standard InChI is InChI=1S/C27H26F4N4O2/c1-17-9-12-34(13-10-17)26-32-22-11-14-35(25(36)18-5-4-6-19(15-18)27(29,30)31)16-20(22)24(33-26)37-23-8-3-2-7-21(23)28/h2-8,15,17H,9-14,16H2,1H3. The van der Waals surface area contributed by atoms with Gasteiger partial charge in [0, 0.05) is 31.6 Å². The molecule has 0 saturated carbocycles. The maximum Gasteiger partial charge on any atom is 0.416 e. The van der Waals surface area contributed by atoms with Gasteiger partial charge in [0.1, 0.15) is 0 Å². The number of carbonyl (C=O) groups is 1. The summed E-state index contributed by atoms with van der Waals surface area (Å²) >= 11 is 0. The number of para-hydroxylation sites is 1. The summed E-state index contributed by atoms with van der Waals surface area (Å²) in [6.07, 6.45) is -2.18. The number of benzene rings is 2. The van der Waals surface area contributed by atoms with Gasteiger partial charge in [-0.25, -0.2) is 9.37 Å². The molecule has 2 aliphatic rings. The molecule has 1 amide bonds. The summed E-state index contributed by atoms with van der Waals surface area (Å²) in [4.78, 5) is 26.1. The Labute approximate surface area is 211 Å². The molecule has 1 aromatic heterocycles. The van der Waals surface area contributed by atoms with Crippen LogP contribution < -0.4 is 9.64 Å². The Balaban J connectivity index is 1.47. The molecule has 0 atom stereocenters. The minimum absolute atomic E-state index is 0.0112. The fraction of sp³-hybridized carbons (Fsp3) is 0.370. The zero-order chi connectivity index (χ0) is 26.2. The first-order valence-electron chi connectivity index (χ1n) is 12.2. The third-order valence-corrected chi connectivity index (χ3v) is 6.84. The van der Waals surface area contributed by atoms with Crippen LogP contribution in [-0.4, -0.2) is 40.4 Å². The maximum absolute atomic E-state index is 14.4. The maximum atomic E-state index is 14.4. The molecular weight excluding hydrogens is 488 g/mol. The van der Waals surface area contributed by atoms with Crippen LogP contribution in [0.2, 0.25) is 0 Å². The van der Waals surface area contributed by atoms with Crippen LogP contribution in [0.4, 0.5) is 23.5 Å². The third kappa shape index (κ3) is 5.38. The van der Waals surface area contributed by atoms with Gasteiger partial charge in [-0.2, -0.15) is 18.2 Å². The molecule has 2 aliphatic heterocycles. The van der Waals surface area contributed by atoms with Crippen LogP contribution in [-0.2, 0) is 19.1 Å². The first-order valence-corrected chi connectivity index (χ1v) is 12.2. The molecule has 2 aromatic carbocycles. The van der Waals surface area contributed by atoms with Gasteiger partial charge in [0.05, 0.1) is 23.4 Å². The number of amides is 1. The number of piperidine rings is 1. The predicted molar refractivity (Wildman–Crippen MR) is 129 cm³/mol. The smallest absolute Gasteiger partial charge is 0.416 e. The van der Waals surface area contributed by atoms with E-state index >= 15 is 0 Å². The van der Waals surface area contributed by atoms with Gasteiger partial charge in [0.2, 0.25) is 11.8 Å². The lowest BCUT2D eigenvalue weighted by Crippen LogP contribution is -2.38. The number of carbonyl (C=O) groups excluding carboxylic acids is 1. The van der Waals surface area contributed by atoms with Crippen molar-refractivity contribution >= 4 is 11.9 Å². The van der Waals surface area contributed by atoms with Gasteiger partial charge in [-0.15, -0.1) is 0 Å². The minimum Gasteiger partial charge on any atom is -0.435 e. The van der Waals surface area contributed by atoms with E-state index in [1.54, 1.807) is 12.1 Å². The molecule has 0 N–H and O–H groups in total. The number of aromatic nitrogens is 2. The average Bonchev–Trinajstić information content (AvgIpc) is 2.89. The van der Waals surface area contributed by atoms with Gasteiger partial charge in [-0.3, -0.25) is 4.79 Å². The number of hydrogen-bond donors (Lipinski definition) is 0. The lowest BCUT2D eigenvalue weighted by molar-refractivity contribution is -0.137. The number of anilines is 1. The molecule has 5 rings (SSSR count). The highest BCUT2D eigenvalue weighted by Gasteiger charge is 2.33. The van der Waals surface area contributed by atoms with E-state index in [1.807, 2.05) is 0 Å². The van der Waals surface area contributed by atoms with Crippen molar-refractivity contribution in [1.29, 1.82) is 0 Å². The first-order chi connectivity index (χ1) is 17.7. The van der Waals surface area contributed by atoms with Crippen molar-refractivity contribution in [1.82, 2.24) is 14.9 Å². The lowest BCUT2D eigenvalue weighted by atomic mass is 9.99. The summed E-state index contributed by atoms with van der Waals surface area (Å²) in [6.45, 7) is 4.09. The molecule has 3 heterocycles. The van der Waals surface area contributed by atoms with Gasteiger partial charge in [0.25, 0.3) is 5.91 Å². The molecule has 0 unspecified atom stereocenters. The Hall–Kier alpha value is -3.69. The van der Waals surface area contributed by atoms with E-state index in [0.717, 1.165) is 38.1 Å². The molecule has 3 aromatic rings. The summed E-state index contributed by atoms with van der Waals surface area (Å²) in [5.74, 6) is 0.139. The van der Waals surface area contributed by atoms with Crippen LogP contribution in [0.25, 0.3) is 0 Å². The second-order valence-electron chi connectivity index (χ2n) is 9.51. The SMILES string of the molecule is CC1CCN(c2nc3c(c(Oc4ccccc4F)n2)CN(C(=O)c2cccc(C(F)(F)F)c2)CC3)CC1. The number of alkyl halides is 3. The monoisotopic (exact) mass is 514 g/mol. The third-order valence-electron chi connectivity index (χ3n) is 6.84. The fourth-order valence-corrected chi connectivity index (χ4v) is 4.62. The number of ether oxygens (including phenoxy) is 1. The van der Waals surface area contributed by atoms with Crippen LogP contribution in [0.3, 0.4) is 0 Å². The molecule has 1 fully saturated rings. The number of rotatable bonds is 4. The highest BCUT2D eigenvalue weighted by Crippen LogP contribution is 2.34. The van der Waals surface area contributed by atoms with Crippen molar-refractivity contribution in [2.24, 2.45) is 5.92 Å². The van der Waals surface area contributed by atoms with Crippen molar-refractivity contribution in [2.75, 3.05) is 24.5 Å². The molecule has 37 heavy (non-hydrogen) atoms. The van der Waals surface area contributed by atoms with E-state index in [1.165, 1.54) is 29.2 Å². The summed E-state index contributed by atoms with van der Waals surface area (Å²) in [7, 11) is 0. The van der Waals surface area contributed by atoms with Crippen LogP contribution in [0.1, 0.15) is 46.9 Å².